The van der Waals surface area contributed by atoms with E-state index in [0.717, 1.165) is 0 Å². The summed E-state index contributed by atoms with van der Waals surface area (Å²) in [7, 11) is 1.51. The number of halogens is 2. The van der Waals surface area contributed by atoms with Gasteiger partial charge in [-0.1, -0.05) is 6.07 Å². The van der Waals surface area contributed by atoms with Crippen LogP contribution in [0.4, 0.5) is 25.8 Å². The van der Waals surface area contributed by atoms with Gasteiger partial charge < -0.3 is 25.3 Å². The Hall–Kier alpha value is -2.70. The third kappa shape index (κ3) is 2.49. The first-order valence-electron chi connectivity index (χ1n) is 6.08. The van der Waals surface area contributed by atoms with Crippen molar-refractivity contribution in [2.24, 2.45) is 0 Å². The highest BCUT2D eigenvalue weighted by Crippen LogP contribution is 2.43. The van der Waals surface area contributed by atoms with Crippen LogP contribution in [0.15, 0.2) is 36.4 Å². The molecular formula is C14H12F2N2O3. The molecule has 110 valence electrons. The van der Waals surface area contributed by atoms with Crippen molar-refractivity contribution in [2.75, 3.05) is 18.2 Å². The maximum absolute atomic E-state index is 13.0. The van der Waals surface area contributed by atoms with Gasteiger partial charge in [0.1, 0.15) is 5.75 Å². The highest BCUT2D eigenvalue weighted by atomic mass is 19.3. The minimum atomic E-state index is -3.63. The quantitative estimate of drug-likeness (QED) is 0.850. The highest BCUT2D eigenvalue weighted by Gasteiger charge is 2.43. The summed E-state index contributed by atoms with van der Waals surface area (Å²) < 4.78 is 39.8. The first kappa shape index (κ1) is 13.3. The summed E-state index contributed by atoms with van der Waals surface area (Å²) >= 11 is 0. The van der Waals surface area contributed by atoms with Crippen molar-refractivity contribution >= 4 is 17.1 Å². The molecule has 0 aliphatic carbocycles. The van der Waals surface area contributed by atoms with Crippen LogP contribution in [0.2, 0.25) is 0 Å². The molecule has 2 aromatic carbocycles. The zero-order valence-electron chi connectivity index (χ0n) is 11.0. The molecule has 1 heterocycles. The molecule has 0 bridgehead atoms. The molecule has 1 aliphatic heterocycles. The van der Waals surface area contributed by atoms with Gasteiger partial charge in [-0.25, -0.2) is 0 Å². The molecule has 3 N–H and O–H groups in total. The summed E-state index contributed by atoms with van der Waals surface area (Å²) in [6, 6.07) is 9.63. The van der Waals surface area contributed by atoms with Crippen molar-refractivity contribution in [1.29, 1.82) is 0 Å². The number of benzene rings is 2. The molecule has 0 unspecified atom stereocenters. The van der Waals surface area contributed by atoms with Crippen LogP contribution >= 0.6 is 0 Å². The third-order valence-electron chi connectivity index (χ3n) is 2.97. The molecule has 0 aromatic heterocycles. The van der Waals surface area contributed by atoms with Crippen LogP contribution in [-0.4, -0.2) is 13.4 Å². The Labute approximate surface area is 119 Å². The van der Waals surface area contributed by atoms with Gasteiger partial charge in [-0.2, -0.15) is 0 Å². The summed E-state index contributed by atoms with van der Waals surface area (Å²) in [6.45, 7) is 0. The van der Waals surface area contributed by atoms with E-state index in [4.69, 9.17) is 10.5 Å². The Kier molecular flexibility index (Phi) is 2.97. The van der Waals surface area contributed by atoms with Gasteiger partial charge in [0.2, 0.25) is 0 Å². The molecule has 0 saturated heterocycles. The fraction of sp³-hybridized carbons (Fsp3) is 0.143. The van der Waals surface area contributed by atoms with E-state index in [1.54, 1.807) is 24.3 Å². The lowest BCUT2D eigenvalue weighted by Gasteiger charge is -2.12. The Morgan fingerprint density at radius 1 is 1.14 bits per heavy atom. The monoisotopic (exact) mass is 294 g/mol. The fourth-order valence-electron chi connectivity index (χ4n) is 2.01. The molecule has 2 aromatic rings. The lowest BCUT2D eigenvalue weighted by Crippen LogP contribution is -2.25. The molecule has 5 nitrogen and oxygen atoms in total. The Bertz CT molecular complexity index is 692. The molecule has 21 heavy (non-hydrogen) atoms. The smallest absolute Gasteiger partial charge is 0.495 e. The summed E-state index contributed by atoms with van der Waals surface area (Å²) in [6.07, 6.45) is -3.63. The van der Waals surface area contributed by atoms with Crippen LogP contribution < -0.4 is 25.3 Å². The van der Waals surface area contributed by atoms with E-state index in [2.05, 4.69) is 14.8 Å². The number of rotatable bonds is 3. The van der Waals surface area contributed by atoms with Crippen molar-refractivity contribution in [3.63, 3.8) is 0 Å². The highest BCUT2D eigenvalue weighted by molar-refractivity contribution is 5.78. The van der Waals surface area contributed by atoms with Crippen LogP contribution in [0.1, 0.15) is 0 Å². The van der Waals surface area contributed by atoms with Crippen LogP contribution in [0.25, 0.3) is 0 Å². The zero-order valence-corrected chi connectivity index (χ0v) is 11.0. The van der Waals surface area contributed by atoms with Gasteiger partial charge in [0.15, 0.2) is 11.5 Å². The molecule has 0 amide bonds. The fourth-order valence-corrected chi connectivity index (χ4v) is 2.01. The van der Waals surface area contributed by atoms with E-state index in [1.807, 2.05) is 0 Å². The number of hydrogen-bond donors (Lipinski definition) is 2. The Morgan fingerprint density at radius 3 is 2.67 bits per heavy atom. The van der Waals surface area contributed by atoms with Gasteiger partial charge in [-0.15, -0.1) is 8.78 Å². The van der Waals surface area contributed by atoms with Crippen molar-refractivity contribution in [3.8, 4) is 17.2 Å². The standard InChI is InChI=1S/C14H12F2N2O3/c1-19-11-4-2-3-9(13(11)17)18-8-5-6-10-12(7-8)21-14(15,16)20-10/h2-7,18H,17H2,1H3. The number of alkyl halides is 2. The number of para-hydroxylation sites is 1. The van der Waals surface area contributed by atoms with Crippen LogP contribution in [0, 0.1) is 0 Å². The van der Waals surface area contributed by atoms with Crippen molar-refractivity contribution < 1.29 is 23.0 Å². The summed E-state index contributed by atoms with van der Waals surface area (Å²) in [5.74, 6) is 0.475. The van der Waals surface area contributed by atoms with E-state index < -0.39 is 6.29 Å². The second-order valence-corrected chi connectivity index (χ2v) is 4.38. The van der Waals surface area contributed by atoms with Crippen molar-refractivity contribution in [3.05, 3.63) is 36.4 Å². The minimum Gasteiger partial charge on any atom is -0.495 e. The van der Waals surface area contributed by atoms with E-state index in [0.29, 0.717) is 22.8 Å². The number of fused-ring (bicyclic) bond motifs is 1. The molecule has 1 aliphatic rings. The SMILES string of the molecule is COc1cccc(Nc2ccc3c(c2)OC(F)(F)O3)c1N. The van der Waals surface area contributed by atoms with Crippen molar-refractivity contribution in [1.82, 2.24) is 0 Å². The first-order chi connectivity index (χ1) is 9.98. The number of hydrogen-bond acceptors (Lipinski definition) is 5. The number of nitrogen functional groups attached to an aromatic ring is 1. The number of ether oxygens (including phenoxy) is 3. The molecule has 0 saturated carbocycles. The predicted molar refractivity (Wildman–Crippen MR) is 73.3 cm³/mol. The largest absolute Gasteiger partial charge is 0.586 e. The average Bonchev–Trinajstić information content (AvgIpc) is 2.74. The lowest BCUT2D eigenvalue weighted by atomic mass is 10.2. The Balaban J connectivity index is 1.87. The normalized spacial score (nSPS) is 14.8. The van der Waals surface area contributed by atoms with Crippen LogP contribution in [0.3, 0.4) is 0 Å². The molecule has 0 spiro atoms. The topological polar surface area (TPSA) is 65.7 Å². The number of nitrogens with two attached hydrogens (primary N) is 1. The van der Waals surface area contributed by atoms with E-state index in [1.165, 1.54) is 19.2 Å². The van der Waals surface area contributed by atoms with Crippen LogP contribution in [0.5, 0.6) is 17.2 Å². The lowest BCUT2D eigenvalue weighted by molar-refractivity contribution is -0.286. The summed E-state index contributed by atoms with van der Waals surface area (Å²) in [4.78, 5) is 0. The van der Waals surface area contributed by atoms with E-state index in [-0.39, 0.29) is 11.5 Å². The third-order valence-corrected chi connectivity index (χ3v) is 2.97. The molecule has 0 atom stereocenters. The van der Waals surface area contributed by atoms with Gasteiger partial charge in [-0.05, 0) is 24.3 Å². The zero-order chi connectivity index (χ0) is 15.0. The van der Waals surface area contributed by atoms with Crippen LogP contribution in [-0.2, 0) is 0 Å². The second-order valence-electron chi connectivity index (χ2n) is 4.38. The Morgan fingerprint density at radius 2 is 1.90 bits per heavy atom. The van der Waals surface area contributed by atoms with Crippen molar-refractivity contribution in [2.45, 2.75) is 6.29 Å². The average molecular weight is 294 g/mol. The summed E-state index contributed by atoms with van der Waals surface area (Å²) in [5.41, 5.74) is 7.49. The summed E-state index contributed by atoms with van der Waals surface area (Å²) in [5, 5.41) is 3.02. The number of anilines is 3. The number of methoxy groups -OCH3 is 1. The first-order valence-corrected chi connectivity index (χ1v) is 6.08. The molecular weight excluding hydrogens is 282 g/mol. The predicted octanol–water partition coefficient (Wildman–Crippen LogP) is 3.34. The molecule has 0 fully saturated rings. The maximum Gasteiger partial charge on any atom is 0.586 e. The van der Waals surface area contributed by atoms with Gasteiger partial charge in [0, 0.05) is 11.8 Å². The number of nitrogens with one attached hydrogen (secondary N) is 1. The molecule has 3 rings (SSSR count). The molecule has 7 heteroatoms. The van der Waals surface area contributed by atoms with E-state index in [9.17, 15) is 8.78 Å². The van der Waals surface area contributed by atoms with Gasteiger partial charge in [0.05, 0.1) is 18.5 Å². The second kappa shape index (κ2) is 4.69. The minimum absolute atomic E-state index is 0.0100. The van der Waals surface area contributed by atoms with E-state index >= 15 is 0 Å². The maximum atomic E-state index is 13.0. The van der Waals surface area contributed by atoms with Gasteiger partial charge in [-0.3, -0.25) is 0 Å². The molecule has 0 radical (unpaired) electrons. The van der Waals surface area contributed by atoms with Gasteiger partial charge >= 0.3 is 6.29 Å². The van der Waals surface area contributed by atoms with Gasteiger partial charge in [0.25, 0.3) is 0 Å².